The van der Waals surface area contributed by atoms with Crippen LogP contribution in [0.15, 0.2) is 30.3 Å². The van der Waals surface area contributed by atoms with Crippen LogP contribution in [0.25, 0.3) is 0 Å². The number of benzene rings is 1. The van der Waals surface area contributed by atoms with Crippen molar-refractivity contribution in [2.45, 2.75) is 51.8 Å². The van der Waals surface area contributed by atoms with Gasteiger partial charge in [-0.25, -0.2) is 4.79 Å². The number of carbonyl (C=O) groups is 2. The molecule has 5 heteroatoms. The Bertz CT molecular complexity index is 478. The predicted octanol–water partition coefficient (Wildman–Crippen LogP) is 1.40. The molecule has 21 heavy (non-hydrogen) atoms. The van der Waals surface area contributed by atoms with Crippen LogP contribution in [-0.4, -0.2) is 29.6 Å². The molecule has 0 aromatic heterocycles. The van der Waals surface area contributed by atoms with E-state index in [4.69, 9.17) is 10.5 Å². The van der Waals surface area contributed by atoms with E-state index in [-0.39, 0.29) is 5.91 Å². The summed E-state index contributed by atoms with van der Waals surface area (Å²) >= 11 is 0. The van der Waals surface area contributed by atoms with Crippen LogP contribution in [0.2, 0.25) is 0 Å². The second kappa shape index (κ2) is 7.22. The minimum Gasteiger partial charge on any atom is -0.458 e. The zero-order valence-corrected chi connectivity index (χ0v) is 13.1. The van der Waals surface area contributed by atoms with Crippen molar-refractivity contribution in [1.29, 1.82) is 0 Å². The SMILES string of the molecule is CC(N)C(=O)NC(Cc1ccccc1)C(=O)OC(C)(C)C. The Hall–Kier alpha value is -1.88. The van der Waals surface area contributed by atoms with Gasteiger partial charge in [0, 0.05) is 6.42 Å². The van der Waals surface area contributed by atoms with E-state index < -0.39 is 23.7 Å². The minimum absolute atomic E-state index is 0.369. The Morgan fingerprint density at radius 2 is 1.81 bits per heavy atom. The highest BCUT2D eigenvalue weighted by Gasteiger charge is 2.27. The third-order valence-corrected chi connectivity index (χ3v) is 2.70. The van der Waals surface area contributed by atoms with Gasteiger partial charge in [-0.05, 0) is 33.3 Å². The lowest BCUT2D eigenvalue weighted by atomic mass is 10.1. The molecule has 0 aliphatic carbocycles. The molecule has 0 aliphatic rings. The van der Waals surface area contributed by atoms with Crippen molar-refractivity contribution < 1.29 is 14.3 Å². The van der Waals surface area contributed by atoms with Crippen molar-refractivity contribution in [1.82, 2.24) is 5.32 Å². The Labute approximate surface area is 125 Å². The van der Waals surface area contributed by atoms with Gasteiger partial charge in [0.25, 0.3) is 0 Å². The summed E-state index contributed by atoms with van der Waals surface area (Å²) < 4.78 is 5.36. The van der Waals surface area contributed by atoms with Gasteiger partial charge in [0.05, 0.1) is 6.04 Å². The Balaban J connectivity index is 2.84. The van der Waals surface area contributed by atoms with Crippen LogP contribution in [0, 0.1) is 0 Å². The highest BCUT2D eigenvalue weighted by atomic mass is 16.6. The maximum atomic E-state index is 12.2. The molecule has 5 nitrogen and oxygen atoms in total. The number of hydrogen-bond donors (Lipinski definition) is 2. The molecule has 3 N–H and O–H groups in total. The van der Waals surface area contributed by atoms with E-state index in [0.29, 0.717) is 6.42 Å². The zero-order valence-electron chi connectivity index (χ0n) is 13.1. The van der Waals surface area contributed by atoms with Gasteiger partial charge < -0.3 is 15.8 Å². The lowest BCUT2D eigenvalue weighted by Crippen LogP contribution is -2.50. The van der Waals surface area contributed by atoms with Gasteiger partial charge in [-0.15, -0.1) is 0 Å². The topological polar surface area (TPSA) is 81.4 Å². The van der Waals surface area contributed by atoms with Gasteiger partial charge in [-0.1, -0.05) is 30.3 Å². The molecule has 116 valence electrons. The number of hydrogen-bond acceptors (Lipinski definition) is 4. The van der Waals surface area contributed by atoms with Crippen molar-refractivity contribution in [3.8, 4) is 0 Å². The number of rotatable bonds is 5. The van der Waals surface area contributed by atoms with Crippen molar-refractivity contribution in [2.75, 3.05) is 0 Å². The van der Waals surface area contributed by atoms with E-state index in [1.54, 1.807) is 27.7 Å². The molecule has 1 rings (SSSR count). The summed E-state index contributed by atoms with van der Waals surface area (Å²) in [6.07, 6.45) is 0.369. The standard InChI is InChI=1S/C16H24N2O3/c1-11(17)14(19)18-13(15(20)21-16(2,3)4)10-12-8-6-5-7-9-12/h5-9,11,13H,10,17H2,1-4H3,(H,18,19). The molecule has 0 aliphatic heterocycles. The molecule has 1 aromatic rings. The summed E-state index contributed by atoms with van der Waals surface area (Å²) in [4.78, 5) is 24.0. The third-order valence-electron chi connectivity index (χ3n) is 2.70. The third kappa shape index (κ3) is 6.40. The molecule has 0 radical (unpaired) electrons. The lowest BCUT2D eigenvalue weighted by Gasteiger charge is -2.25. The zero-order chi connectivity index (χ0) is 16.0. The summed E-state index contributed by atoms with van der Waals surface area (Å²) in [6.45, 7) is 6.94. The summed E-state index contributed by atoms with van der Waals surface area (Å²) in [5.74, 6) is -0.831. The van der Waals surface area contributed by atoms with Crippen LogP contribution in [0.4, 0.5) is 0 Å². The van der Waals surface area contributed by atoms with Crippen molar-refractivity contribution >= 4 is 11.9 Å². The molecule has 1 aromatic carbocycles. The van der Waals surface area contributed by atoms with Crippen LogP contribution in [-0.2, 0) is 20.7 Å². The summed E-state index contributed by atoms with van der Waals surface area (Å²) in [6, 6.07) is 8.04. The van der Waals surface area contributed by atoms with Gasteiger partial charge in [-0.2, -0.15) is 0 Å². The maximum Gasteiger partial charge on any atom is 0.329 e. The van der Waals surface area contributed by atoms with Gasteiger partial charge in [0.2, 0.25) is 5.91 Å². The quantitative estimate of drug-likeness (QED) is 0.804. The fourth-order valence-corrected chi connectivity index (χ4v) is 1.72. The van der Waals surface area contributed by atoms with Gasteiger partial charge in [0.1, 0.15) is 11.6 Å². The van der Waals surface area contributed by atoms with Crippen LogP contribution in [0.1, 0.15) is 33.3 Å². The Morgan fingerprint density at radius 1 is 1.24 bits per heavy atom. The molecule has 0 spiro atoms. The van der Waals surface area contributed by atoms with E-state index in [2.05, 4.69) is 5.32 Å². The van der Waals surface area contributed by atoms with Crippen molar-refractivity contribution in [2.24, 2.45) is 5.73 Å². The second-order valence-corrected chi connectivity index (χ2v) is 6.07. The molecule has 0 saturated carbocycles. The predicted molar refractivity (Wildman–Crippen MR) is 81.6 cm³/mol. The van der Waals surface area contributed by atoms with Gasteiger partial charge >= 0.3 is 5.97 Å². The van der Waals surface area contributed by atoms with E-state index >= 15 is 0 Å². The molecule has 1 amide bonds. The average Bonchev–Trinajstić information content (AvgIpc) is 2.36. The summed E-state index contributed by atoms with van der Waals surface area (Å²) in [5, 5.41) is 2.65. The average molecular weight is 292 g/mol. The number of esters is 1. The first-order chi connectivity index (χ1) is 9.69. The molecular weight excluding hydrogens is 268 g/mol. The molecule has 2 unspecified atom stereocenters. The van der Waals surface area contributed by atoms with E-state index in [9.17, 15) is 9.59 Å². The van der Waals surface area contributed by atoms with Crippen molar-refractivity contribution in [3.63, 3.8) is 0 Å². The molecule has 2 atom stereocenters. The second-order valence-electron chi connectivity index (χ2n) is 6.07. The van der Waals surface area contributed by atoms with Crippen LogP contribution in [0.5, 0.6) is 0 Å². The summed E-state index contributed by atoms with van der Waals surface area (Å²) in [5.41, 5.74) is 5.88. The highest BCUT2D eigenvalue weighted by molar-refractivity contribution is 5.87. The molecule has 0 heterocycles. The monoisotopic (exact) mass is 292 g/mol. The van der Waals surface area contributed by atoms with E-state index in [1.165, 1.54) is 0 Å². The lowest BCUT2D eigenvalue weighted by molar-refractivity contribution is -0.158. The first-order valence-electron chi connectivity index (χ1n) is 7.02. The number of carbonyl (C=O) groups excluding carboxylic acids is 2. The number of nitrogens with one attached hydrogen (secondary N) is 1. The Morgan fingerprint density at radius 3 is 2.29 bits per heavy atom. The van der Waals surface area contributed by atoms with Gasteiger partial charge in [-0.3, -0.25) is 4.79 Å². The normalized spacial score (nSPS) is 14.1. The molecule has 0 saturated heterocycles. The fourth-order valence-electron chi connectivity index (χ4n) is 1.72. The first kappa shape index (κ1) is 17.2. The molecular formula is C16H24N2O3. The van der Waals surface area contributed by atoms with Crippen LogP contribution >= 0.6 is 0 Å². The molecule has 0 bridgehead atoms. The van der Waals surface area contributed by atoms with Crippen LogP contribution in [0.3, 0.4) is 0 Å². The minimum atomic E-state index is -0.745. The van der Waals surface area contributed by atoms with E-state index in [1.807, 2.05) is 30.3 Å². The van der Waals surface area contributed by atoms with E-state index in [0.717, 1.165) is 5.56 Å². The maximum absolute atomic E-state index is 12.2. The van der Waals surface area contributed by atoms with Crippen LogP contribution < -0.4 is 11.1 Å². The first-order valence-corrected chi connectivity index (χ1v) is 7.02. The highest BCUT2D eigenvalue weighted by Crippen LogP contribution is 2.11. The fraction of sp³-hybridized carbons (Fsp3) is 0.500. The Kier molecular flexibility index (Phi) is 5.90. The van der Waals surface area contributed by atoms with Crippen molar-refractivity contribution in [3.05, 3.63) is 35.9 Å². The number of ether oxygens (including phenoxy) is 1. The number of nitrogens with two attached hydrogens (primary N) is 1. The largest absolute Gasteiger partial charge is 0.458 e. The smallest absolute Gasteiger partial charge is 0.329 e. The molecule has 0 fully saturated rings. The number of amides is 1. The van der Waals surface area contributed by atoms with Gasteiger partial charge in [0.15, 0.2) is 0 Å². The summed E-state index contributed by atoms with van der Waals surface area (Å²) in [7, 11) is 0.